The SMILES string of the molecule is O=C(NCc1ncc[nH]1)C(F)(F)C(F)F. The molecule has 0 aliphatic carbocycles. The number of nitrogens with zero attached hydrogens (tertiary/aromatic N) is 1. The molecular weight excluding hydrogens is 218 g/mol. The average molecular weight is 225 g/mol. The van der Waals surface area contributed by atoms with Gasteiger partial charge >= 0.3 is 12.3 Å². The van der Waals surface area contributed by atoms with Crippen molar-refractivity contribution in [3.63, 3.8) is 0 Å². The van der Waals surface area contributed by atoms with E-state index in [0.29, 0.717) is 0 Å². The monoisotopic (exact) mass is 225 g/mol. The first kappa shape index (κ1) is 11.5. The van der Waals surface area contributed by atoms with Crippen LogP contribution in [0.1, 0.15) is 5.82 Å². The van der Waals surface area contributed by atoms with Crippen LogP contribution in [0, 0.1) is 0 Å². The molecule has 1 heterocycles. The van der Waals surface area contributed by atoms with Crippen molar-refractivity contribution in [3.05, 3.63) is 18.2 Å². The largest absolute Gasteiger partial charge is 0.383 e. The molecular formula is C7H7F4N3O. The van der Waals surface area contributed by atoms with Gasteiger partial charge in [0.25, 0.3) is 5.91 Å². The summed E-state index contributed by atoms with van der Waals surface area (Å²) in [5.74, 6) is -6.49. The smallest absolute Gasteiger partial charge is 0.347 e. The first-order chi connectivity index (χ1) is 6.94. The van der Waals surface area contributed by atoms with Crippen molar-refractivity contribution in [2.45, 2.75) is 18.9 Å². The summed E-state index contributed by atoms with van der Waals surface area (Å²) in [5, 5.41) is 1.64. The molecule has 0 radical (unpaired) electrons. The van der Waals surface area contributed by atoms with Crippen molar-refractivity contribution in [2.75, 3.05) is 0 Å². The molecule has 0 aliphatic heterocycles. The molecule has 84 valence electrons. The van der Waals surface area contributed by atoms with Crippen molar-refractivity contribution in [3.8, 4) is 0 Å². The van der Waals surface area contributed by atoms with Crippen LogP contribution in [0.15, 0.2) is 12.4 Å². The third-order valence-electron chi connectivity index (χ3n) is 1.55. The Hall–Kier alpha value is -1.60. The van der Waals surface area contributed by atoms with Crippen LogP contribution >= 0.6 is 0 Å². The van der Waals surface area contributed by atoms with Gasteiger partial charge in [-0.15, -0.1) is 0 Å². The number of carbonyl (C=O) groups excluding carboxylic acids is 1. The summed E-state index contributed by atoms with van der Waals surface area (Å²) in [4.78, 5) is 16.7. The Balaban J connectivity index is 2.49. The van der Waals surface area contributed by atoms with E-state index < -0.39 is 18.3 Å². The predicted octanol–water partition coefficient (Wildman–Crippen LogP) is 0.926. The van der Waals surface area contributed by atoms with Gasteiger partial charge in [0.05, 0.1) is 6.54 Å². The quantitative estimate of drug-likeness (QED) is 0.749. The second kappa shape index (κ2) is 4.28. The highest BCUT2D eigenvalue weighted by Gasteiger charge is 2.48. The molecule has 0 saturated heterocycles. The van der Waals surface area contributed by atoms with Gasteiger partial charge in [0, 0.05) is 12.4 Å². The normalized spacial score (nSPS) is 11.8. The van der Waals surface area contributed by atoms with E-state index in [1.165, 1.54) is 12.4 Å². The standard InChI is InChI=1S/C7H7F4N3O/c8-5(9)7(10,11)6(15)14-3-4-12-1-2-13-4/h1-2,5H,3H2,(H,12,13)(H,14,15). The maximum absolute atomic E-state index is 12.4. The van der Waals surface area contributed by atoms with E-state index in [1.54, 1.807) is 5.32 Å². The number of hydrogen-bond donors (Lipinski definition) is 2. The summed E-state index contributed by atoms with van der Waals surface area (Å²) in [5.41, 5.74) is 0. The molecule has 0 atom stereocenters. The highest BCUT2D eigenvalue weighted by molar-refractivity contribution is 5.83. The van der Waals surface area contributed by atoms with Gasteiger partial charge in [-0.05, 0) is 0 Å². The van der Waals surface area contributed by atoms with Crippen molar-refractivity contribution >= 4 is 5.91 Å². The molecule has 0 saturated carbocycles. The molecule has 4 nitrogen and oxygen atoms in total. The number of aromatic nitrogens is 2. The molecule has 1 aromatic rings. The molecule has 0 bridgehead atoms. The van der Waals surface area contributed by atoms with E-state index in [4.69, 9.17) is 0 Å². The zero-order valence-corrected chi connectivity index (χ0v) is 7.31. The zero-order chi connectivity index (χ0) is 11.5. The van der Waals surface area contributed by atoms with Crippen molar-refractivity contribution in [2.24, 2.45) is 0 Å². The number of rotatable bonds is 4. The molecule has 8 heteroatoms. The van der Waals surface area contributed by atoms with Crippen LogP contribution in [0.4, 0.5) is 17.6 Å². The molecule has 0 spiro atoms. The number of nitrogens with one attached hydrogen (secondary N) is 2. The average Bonchev–Trinajstić information content (AvgIpc) is 2.66. The van der Waals surface area contributed by atoms with E-state index in [0.717, 1.165) is 0 Å². The van der Waals surface area contributed by atoms with Crippen molar-refractivity contribution < 1.29 is 22.4 Å². The summed E-state index contributed by atoms with van der Waals surface area (Å²) < 4.78 is 48.1. The lowest BCUT2D eigenvalue weighted by Gasteiger charge is -2.13. The third kappa shape index (κ3) is 2.67. The molecule has 0 fully saturated rings. The fraction of sp³-hybridized carbons (Fsp3) is 0.429. The van der Waals surface area contributed by atoms with E-state index in [2.05, 4.69) is 9.97 Å². The first-order valence-electron chi connectivity index (χ1n) is 3.87. The number of alkyl halides is 4. The summed E-state index contributed by atoms with van der Waals surface area (Å²) in [6.45, 7) is -0.353. The predicted molar refractivity (Wildman–Crippen MR) is 41.4 cm³/mol. The Bertz CT molecular complexity index is 325. The maximum atomic E-state index is 12.4. The van der Waals surface area contributed by atoms with Gasteiger partial charge in [0.1, 0.15) is 5.82 Å². The summed E-state index contributed by atoms with van der Waals surface area (Å²) in [6, 6.07) is 0. The zero-order valence-electron chi connectivity index (χ0n) is 7.31. The summed E-state index contributed by atoms with van der Waals surface area (Å²) in [6.07, 6.45) is -1.27. The third-order valence-corrected chi connectivity index (χ3v) is 1.55. The van der Waals surface area contributed by atoms with E-state index in [9.17, 15) is 22.4 Å². The number of hydrogen-bond acceptors (Lipinski definition) is 2. The van der Waals surface area contributed by atoms with Gasteiger partial charge in [-0.1, -0.05) is 0 Å². The molecule has 1 aromatic heterocycles. The van der Waals surface area contributed by atoms with Crippen molar-refractivity contribution in [1.82, 2.24) is 15.3 Å². The van der Waals surface area contributed by atoms with Gasteiger partial charge in [0.15, 0.2) is 0 Å². The second-order valence-corrected chi connectivity index (χ2v) is 2.64. The Labute approximate surface area is 81.7 Å². The van der Waals surface area contributed by atoms with Crippen LogP contribution in [0.2, 0.25) is 0 Å². The number of H-pyrrole nitrogens is 1. The van der Waals surface area contributed by atoms with Crippen LogP contribution < -0.4 is 5.32 Å². The Kier molecular flexibility index (Phi) is 3.28. The molecule has 1 amide bonds. The molecule has 0 aliphatic rings. The van der Waals surface area contributed by atoms with Gasteiger partial charge in [0.2, 0.25) is 0 Å². The first-order valence-corrected chi connectivity index (χ1v) is 3.87. The molecule has 0 unspecified atom stereocenters. The highest BCUT2D eigenvalue weighted by atomic mass is 19.3. The van der Waals surface area contributed by atoms with Crippen LogP contribution in [0.25, 0.3) is 0 Å². The van der Waals surface area contributed by atoms with Gasteiger partial charge in [-0.25, -0.2) is 13.8 Å². The lowest BCUT2D eigenvalue weighted by Crippen LogP contribution is -2.44. The highest BCUT2D eigenvalue weighted by Crippen LogP contribution is 2.22. The second-order valence-electron chi connectivity index (χ2n) is 2.64. The molecule has 2 N–H and O–H groups in total. The minimum absolute atomic E-state index is 0.202. The van der Waals surface area contributed by atoms with Crippen LogP contribution in [0.5, 0.6) is 0 Å². The molecule has 1 rings (SSSR count). The number of halogens is 4. The van der Waals surface area contributed by atoms with E-state index in [1.807, 2.05) is 0 Å². The van der Waals surface area contributed by atoms with E-state index in [-0.39, 0.29) is 12.4 Å². The van der Waals surface area contributed by atoms with Gasteiger partial charge in [-0.3, -0.25) is 4.79 Å². The molecule has 0 aromatic carbocycles. The number of aromatic amines is 1. The lowest BCUT2D eigenvalue weighted by atomic mass is 10.3. The Morgan fingerprint density at radius 3 is 2.73 bits per heavy atom. The van der Waals surface area contributed by atoms with E-state index >= 15 is 0 Å². The van der Waals surface area contributed by atoms with Crippen molar-refractivity contribution in [1.29, 1.82) is 0 Å². The fourth-order valence-corrected chi connectivity index (χ4v) is 0.776. The van der Waals surface area contributed by atoms with Crippen LogP contribution in [-0.2, 0) is 11.3 Å². The number of carbonyl (C=O) groups is 1. The number of amides is 1. The minimum Gasteiger partial charge on any atom is -0.347 e. The Morgan fingerprint density at radius 1 is 1.60 bits per heavy atom. The lowest BCUT2D eigenvalue weighted by molar-refractivity contribution is -0.169. The van der Waals surface area contributed by atoms with Gasteiger partial charge in [-0.2, -0.15) is 8.78 Å². The maximum Gasteiger partial charge on any atom is 0.383 e. The van der Waals surface area contributed by atoms with Crippen LogP contribution in [0.3, 0.4) is 0 Å². The number of imidazole rings is 1. The van der Waals surface area contributed by atoms with Gasteiger partial charge < -0.3 is 10.3 Å². The Morgan fingerprint density at radius 2 is 2.27 bits per heavy atom. The van der Waals surface area contributed by atoms with Crippen LogP contribution in [-0.4, -0.2) is 28.2 Å². The molecule has 15 heavy (non-hydrogen) atoms. The summed E-state index contributed by atoms with van der Waals surface area (Å²) in [7, 11) is 0. The fourth-order valence-electron chi connectivity index (χ4n) is 0.776. The minimum atomic E-state index is -4.67. The topological polar surface area (TPSA) is 57.8 Å². The summed E-state index contributed by atoms with van der Waals surface area (Å²) >= 11 is 0.